The predicted octanol–water partition coefficient (Wildman–Crippen LogP) is 0.919. The molecule has 4 heteroatoms. The topological polar surface area (TPSA) is 43.7 Å². The molecule has 0 aliphatic rings. The second-order valence-corrected chi connectivity index (χ2v) is 4.12. The highest BCUT2D eigenvalue weighted by Gasteiger charge is 2.08. The van der Waals surface area contributed by atoms with Gasteiger partial charge in [0.25, 0.3) is 0 Å². The van der Waals surface area contributed by atoms with Crippen LogP contribution in [0.2, 0.25) is 0 Å². The number of halogens is 1. The van der Waals surface area contributed by atoms with Gasteiger partial charge in [-0.1, -0.05) is 12.1 Å². The summed E-state index contributed by atoms with van der Waals surface area (Å²) in [5.74, 6) is -0.207. The first-order chi connectivity index (χ1) is 7.52. The third kappa shape index (κ3) is 3.89. The van der Waals surface area contributed by atoms with Crippen molar-refractivity contribution in [2.75, 3.05) is 20.2 Å². The van der Waals surface area contributed by atoms with E-state index in [-0.39, 0.29) is 12.4 Å². The fourth-order valence-corrected chi connectivity index (χ4v) is 1.60. The highest BCUT2D eigenvalue weighted by molar-refractivity contribution is 5.23. The molecular weight excluding hydrogens is 209 g/mol. The van der Waals surface area contributed by atoms with Crippen LogP contribution < -0.4 is 0 Å². The van der Waals surface area contributed by atoms with E-state index in [1.165, 1.54) is 6.07 Å². The minimum atomic E-state index is -0.730. The SMILES string of the molecule is Cc1cc(CN(C)CC(O)CO)ccc1F. The summed E-state index contributed by atoms with van der Waals surface area (Å²) in [6.45, 7) is 2.50. The largest absolute Gasteiger partial charge is 0.394 e. The van der Waals surface area contributed by atoms with Gasteiger partial charge in [-0.15, -0.1) is 0 Å². The van der Waals surface area contributed by atoms with Crippen molar-refractivity contribution in [1.82, 2.24) is 4.90 Å². The molecule has 1 unspecified atom stereocenters. The first-order valence-corrected chi connectivity index (χ1v) is 5.25. The number of aryl methyl sites for hydroxylation is 1. The van der Waals surface area contributed by atoms with Gasteiger partial charge in [-0.05, 0) is 31.2 Å². The van der Waals surface area contributed by atoms with Gasteiger partial charge < -0.3 is 10.2 Å². The van der Waals surface area contributed by atoms with E-state index in [4.69, 9.17) is 5.11 Å². The van der Waals surface area contributed by atoms with Crippen molar-refractivity contribution in [3.63, 3.8) is 0 Å². The Bertz CT molecular complexity index is 344. The van der Waals surface area contributed by atoms with Crippen LogP contribution >= 0.6 is 0 Å². The van der Waals surface area contributed by atoms with Gasteiger partial charge >= 0.3 is 0 Å². The maximum Gasteiger partial charge on any atom is 0.126 e. The number of benzene rings is 1. The predicted molar refractivity (Wildman–Crippen MR) is 60.6 cm³/mol. The molecule has 0 aliphatic carbocycles. The van der Waals surface area contributed by atoms with Gasteiger partial charge in [-0.3, -0.25) is 4.90 Å². The summed E-state index contributed by atoms with van der Waals surface area (Å²) in [6, 6.07) is 4.96. The van der Waals surface area contributed by atoms with E-state index >= 15 is 0 Å². The van der Waals surface area contributed by atoms with Gasteiger partial charge in [0, 0.05) is 13.1 Å². The molecule has 3 nitrogen and oxygen atoms in total. The van der Waals surface area contributed by atoms with E-state index in [0.717, 1.165) is 5.56 Å². The standard InChI is InChI=1S/C12H18FNO2/c1-9-5-10(3-4-12(9)13)6-14(2)7-11(16)8-15/h3-5,11,15-16H,6-8H2,1-2H3. The molecule has 0 aromatic heterocycles. The summed E-state index contributed by atoms with van der Waals surface area (Å²) in [5, 5.41) is 18.0. The Morgan fingerprint density at radius 1 is 1.44 bits per heavy atom. The van der Waals surface area contributed by atoms with Crippen LogP contribution in [0.25, 0.3) is 0 Å². The van der Waals surface area contributed by atoms with Crippen molar-refractivity contribution < 1.29 is 14.6 Å². The summed E-state index contributed by atoms with van der Waals surface area (Å²) in [4.78, 5) is 1.88. The fraction of sp³-hybridized carbons (Fsp3) is 0.500. The van der Waals surface area contributed by atoms with E-state index in [0.29, 0.717) is 18.7 Å². The molecule has 90 valence electrons. The number of hydrogen-bond donors (Lipinski definition) is 2. The van der Waals surface area contributed by atoms with E-state index in [2.05, 4.69) is 0 Å². The van der Waals surface area contributed by atoms with Crippen molar-refractivity contribution in [3.05, 3.63) is 35.1 Å². The molecule has 0 saturated carbocycles. The third-order valence-corrected chi connectivity index (χ3v) is 2.41. The number of aliphatic hydroxyl groups is 2. The van der Waals surface area contributed by atoms with Crippen LogP contribution in [-0.4, -0.2) is 41.4 Å². The molecule has 0 spiro atoms. The second-order valence-electron chi connectivity index (χ2n) is 4.12. The number of hydrogen-bond acceptors (Lipinski definition) is 3. The molecule has 0 bridgehead atoms. The molecule has 0 fully saturated rings. The Kier molecular flexibility index (Phi) is 4.86. The molecule has 16 heavy (non-hydrogen) atoms. The Labute approximate surface area is 95.1 Å². The van der Waals surface area contributed by atoms with E-state index in [9.17, 15) is 9.50 Å². The molecule has 2 N–H and O–H groups in total. The van der Waals surface area contributed by atoms with Crippen LogP contribution in [0.1, 0.15) is 11.1 Å². The van der Waals surface area contributed by atoms with Crippen LogP contribution in [0.15, 0.2) is 18.2 Å². The maximum absolute atomic E-state index is 13.0. The Morgan fingerprint density at radius 2 is 2.12 bits per heavy atom. The van der Waals surface area contributed by atoms with Crippen LogP contribution in [0, 0.1) is 12.7 Å². The van der Waals surface area contributed by atoms with Gasteiger partial charge in [0.15, 0.2) is 0 Å². The van der Waals surface area contributed by atoms with Gasteiger partial charge in [0.05, 0.1) is 12.7 Å². The first-order valence-electron chi connectivity index (χ1n) is 5.25. The van der Waals surface area contributed by atoms with Gasteiger partial charge in [-0.2, -0.15) is 0 Å². The summed E-state index contributed by atoms with van der Waals surface area (Å²) in [7, 11) is 1.84. The Morgan fingerprint density at radius 3 is 2.69 bits per heavy atom. The highest BCUT2D eigenvalue weighted by Crippen LogP contribution is 2.10. The summed E-state index contributed by atoms with van der Waals surface area (Å²) >= 11 is 0. The smallest absolute Gasteiger partial charge is 0.126 e. The normalized spacial score (nSPS) is 13.1. The van der Waals surface area contributed by atoms with Crippen LogP contribution in [-0.2, 0) is 6.54 Å². The molecule has 1 aromatic rings. The maximum atomic E-state index is 13.0. The van der Waals surface area contributed by atoms with Crippen LogP contribution in [0.3, 0.4) is 0 Å². The van der Waals surface area contributed by atoms with Crippen molar-refractivity contribution in [3.8, 4) is 0 Å². The lowest BCUT2D eigenvalue weighted by Gasteiger charge is -2.19. The monoisotopic (exact) mass is 227 g/mol. The molecule has 1 aromatic carbocycles. The molecule has 0 amide bonds. The minimum absolute atomic E-state index is 0.207. The lowest BCUT2D eigenvalue weighted by Crippen LogP contribution is -2.30. The summed E-state index contributed by atoms with van der Waals surface area (Å²) in [5.41, 5.74) is 1.61. The van der Waals surface area contributed by atoms with Crippen molar-refractivity contribution >= 4 is 0 Å². The quantitative estimate of drug-likeness (QED) is 0.786. The molecule has 1 atom stereocenters. The van der Waals surface area contributed by atoms with Crippen LogP contribution in [0.4, 0.5) is 4.39 Å². The van der Waals surface area contributed by atoms with E-state index in [1.54, 1.807) is 19.1 Å². The lowest BCUT2D eigenvalue weighted by atomic mass is 10.1. The second kappa shape index (κ2) is 5.94. The molecular formula is C12H18FNO2. The number of likely N-dealkylation sites (N-methyl/N-ethyl adjacent to an activating group) is 1. The molecule has 0 radical (unpaired) electrons. The zero-order chi connectivity index (χ0) is 12.1. The van der Waals surface area contributed by atoms with E-state index in [1.807, 2.05) is 11.9 Å². The third-order valence-electron chi connectivity index (χ3n) is 2.41. The zero-order valence-electron chi connectivity index (χ0n) is 9.65. The number of aliphatic hydroxyl groups excluding tert-OH is 2. The van der Waals surface area contributed by atoms with Crippen molar-refractivity contribution in [1.29, 1.82) is 0 Å². The summed E-state index contributed by atoms with van der Waals surface area (Å²) < 4.78 is 13.0. The Balaban J connectivity index is 2.56. The molecule has 1 rings (SSSR count). The average Bonchev–Trinajstić information content (AvgIpc) is 2.23. The number of nitrogens with zero attached hydrogens (tertiary/aromatic N) is 1. The molecule has 0 aliphatic heterocycles. The fourth-order valence-electron chi connectivity index (χ4n) is 1.60. The van der Waals surface area contributed by atoms with Crippen molar-refractivity contribution in [2.45, 2.75) is 19.6 Å². The van der Waals surface area contributed by atoms with E-state index < -0.39 is 6.10 Å². The average molecular weight is 227 g/mol. The molecule has 0 heterocycles. The Hall–Kier alpha value is -0.970. The molecule has 0 saturated heterocycles. The van der Waals surface area contributed by atoms with Crippen molar-refractivity contribution in [2.24, 2.45) is 0 Å². The lowest BCUT2D eigenvalue weighted by molar-refractivity contribution is 0.0648. The number of rotatable bonds is 5. The van der Waals surface area contributed by atoms with Gasteiger partial charge in [0.2, 0.25) is 0 Å². The highest BCUT2D eigenvalue weighted by atomic mass is 19.1. The van der Waals surface area contributed by atoms with Gasteiger partial charge in [0.1, 0.15) is 5.82 Å². The zero-order valence-corrected chi connectivity index (χ0v) is 9.65. The first kappa shape index (κ1) is 13.1. The summed E-state index contributed by atoms with van der Waals surface area (Å²) in [6.07, 6.45) is -0.730. The minimum Gasteiger partial charge on any atom is -0.394 e. The van der Waals surface area contributed by atoms with Gasteiger partial charge in [-0.25, -0.2) is 4.39 Å². The van der Waals surface area contributed by atoms with Crippen LogP contribution in [0.5, 0.6) is 0 Å².